The summed E-state index contributed by atoms with van der Waals surface area (Å²) in [6.45, 7) is 2.21. The van der Waals surface area contributed by atoms with Gasteiger partial charge in [0.05, 0.1) is 0 Å². The van der Waals surface area contributed by atoms with Crippen LogP contribution in [0.15, 0.2) is 18.2 Å². The minimum absolute atomic E-state index is 0.202. The molecule has 0 N–H and O–H groups in total. The van der Waals surface area contributed by atoms with Gasteiger partial charge in [-0.2, -0.15) is 0 Å². The van der Waals surface area contributed by atoms with Gasteiger partial charge >= 0.3 is 5.97 Å². The Morgan fingerprint density at radius 2 is 1.89 bits per heavy atom. The van der Waals surface area contributed by atoms with Gasteiger partial charge in [0, 0.05) is 23.6 Å². The molecule has 19 heavy (non-hydrogen) atoms. The lowest BCUT2D eigenvalue weighted by Crippen LogP contribution is -2.07. The molecule has 1 radical (unpaired) electrons. The van der Waals surface area contributed by atoms with Gasteiger partial charge in [-0.15, -0.1) is 0 Å². The third kappa shape index (κ3) is 7.89. The fourth-order valence-electron chi connectivity index (χ4n) is 1.88. The highest BCUT2D eigenvalue weighted by Gasteiger charge is 2.05. The Labute approximate surface area is 121 Å². The van der Waals surface area contributed by atoms with Crippen molar-refractivity contribution in [2.45, 2.75) is 58.3 Å². The van der Waals surface area contributed by atoms with Crippen LogP contribution < -0.4 is 4.74 Å². The summed E-state index contributed by atoms with van der Waals surface area (Å²) in [5, 5.41) is 0.553. The second-order valence-corrected chi connectivity index (χ2v) is 5.15. The zero-order valence-electron chi connectivity index (χ0n) is 11.6. The number of ether oxygens (including phenoxy) is 1. The first-order chi connectivity index (χ1) is 9.22. The Balaban J connectivity index is 2.08. The number of carbonyl (C=O) groups is 1. The molecule has 2 nitrogen and oxygen atoms in total. The molecule has 0 aromatic heterocycles. The molecular formula is C16H22ClO2. The Morgan fingerprint density at radius 1 is 1.21 bits per heavy atom. The van der Waals surface area contributed by atoms with Gasteiger partial charge in [0.1, 0.15) is 5.75 Å². The van der Waals surface area contributed by atoms with Crippen LogP contribution in [0.2, 0.25) is 5.02 Å². The van der Waals surface area contributed by atoms with Crippen LogP contribution in [0.4, 0.5) is 0 Å². The molecule has 1 aromatic rings. The van der Waals surface area contributed by atoms with E-state index in [0.717, 1.165) is 12.8 Å². The van der Waals surface area contributed by atoms with Crippen molar-refractivity contribution in [1.29, 1.82) is 0 Å². The van der Waals surface area contributed by atoms with Gasteiger partial charge in [0.25, 0.3) is 0 Å². The van der Waals surface area contributed by atoms with Gasteiger partial charge in [-0.05, 0) is 18.6 Å². The van der Waals surface area contributed by atoms with E-state index in [-0.39, 0.29) is 5.97 Å². The molecule has 1 aromatic carbocycles. The van der Waals surface area contributed by atoms with Crippen LogP contribution in [0, 0.1) is 6.07 Å². The van der Waals surface area contributed by atoms with E-state index in [1.54, 1.807) is 18.2 Å². The maximum atomic E-state index is 11.6. The largest absolute Gasteiger partial charge is 0.426 e. The molecule has 0 aliphatic carbocycles. The predicted molar refractivity (Wildman–Crippen MR) is 78.5 cm³/mol. The Kier molecular flexibility index (Phi) is 8.31. The summed E-state index contributed by atoms with van der Waals surface area (Å²) in [4.78, 5) is 11.6. The number of halogens is 1. The molecule has 0 unspecified atom stereocenters. The van der Waals surface area contributed by atoms with E-state index in [1.807, 2.05) is 0 Å². The number of hydrogen-bond acceptors (Lipinski definition) is 2. The van der Waals surface area contributed by atoms with Crippen LogP contribution in [0.1, 0.15) is 58.3 Å². The molecule has 0 aliphatic heterocycles. The molecule has 0 heterocycles. The Morgan fingerprint density at radius 3 is 2.58 bits per heavy atom. The highest BCUT2D eigenvalue weighted by atomic mass is 35.5. The number of rotatable bonds is 9. The molecule has 0 atom stereocenters. The quantitative estimate of drug-likeness (QED) is 0.354. The van der Waals surface area contributed by atoms with Crippen molar-refractivity contribution in [3.8, 4) is 5.75 Å². The fraction of sp³-hybridized carbons (Fsp3) is 0.562. The third-order valence-electron chi connectivity index (χ3n) is 2.95. The maximum Gasteiger partial charge on any atom is 0.311 e. The monoisotopic (exact) mass is 281 g/mol. The Bertz CT molecular complexity index is 377. The molecule has 0 fully saturated rings. The molecule has 105 valence electrons. The van der Waals surface area contributed by atoms with Crippen LogP contribution in [0.3, 0.4) is 0 Å². The van der Waals surface area contributed by atoms with E-state index >= 15 is 0 Å². The van der Waals surface area contributed by atoms with Crippen molar-refractivity contribution in [3.05, 3.63) is 29.3 Å². The van der Waals surface area contributed by atoms with E-state index < -0.39 is 0 Å². The SMILES string of the molecule is CCCCCCCCCC(=O)Oc1[c]ccc(Cl)c1. The smallest absolute Gasteiger partial charge is 0.311 e. The van der Waals surface area contributed by atoms with E-state index in [0.29, 0.717) is 17.2 Å². The van der Waals surface area contributed by atoms with Gasteiger partial charge in [0.15, 0.2) is 0 Å². The van der Waals surface area contributed by atoms with E-state index in [1.165, 1.54) is 32.1 Å². The maximum absolute atomic E-state index is 11.6. The van der Waals surface area contributed by atoms with Crippen molar-refractivity contribution in [3.63, 3.8) is 0 Å². The molecule has 1 rings (SSSR count). The first-order valence-corrected chi connectivity index (χ1v) is 7.48. The first kappa shape index (κ1) is 16.0. The number of esters is 1. The number of hydrogen-bond donors (Lipinski definition) is 0. The van der Waals surface area contributed by atoms with Gasteiger partial charge < -0.3 is 4.74 Å². The van der Waals surface area contributed by atoms with E-state index in [9.17, 15) is 4.79 Å². The molecule has 0 bridgehead atoms. The van der Waals surface area contributed by atoms with Crippen LogP contribution in [-0.2, 0) is 4.79 Å². The minimum Gasteiger partial charge on any atom is -0.426 e. The van der Waals surface area contributed by atoms with E-state index in [4.69, 9.17) is 16.3 Å². The van der Waals surface area contributed by atoms with Crippen LogP contribution in [0.5, 0.6) is 5.75 Å². The molecule has 0 saturated carbocycles. The highest BCUT2D eigenvalue weighted by Crippen LogP contribution is 2.17. The van der Waals surface area contributed by atoms with Crippen molar-refractivity contribution in [2.24, 2.45) is 0 Å². The average molecular weight is 282 g/mol. The molecule has 3 heteroatoms. The second-order valence-electron chi connectivity index (χ2n) is 4.72. The molecule has 0 spiro atoms. The topological polar surface area (TPSA) is 26.3 Å². The average Bonchev–Trinajstić information content (AvgIpc) is 2.37. The lowest BCUT2D eigenvalue weighted by molar-refractivity contribution is -0.134. The lowest BCUT2D eigenvalue weighted by Gasteiger charge is -2.04. The summed E-state index contributed by atoms with van der Waals surface area (Å²) >= 11 is 5.80. The molecular weight excluding hydrogens is 260 g/mol. The van der Waals surface area contributed by atoms with Crippen LogP contribution >= 0.6 is 11.6 Å². The van der Waals surface area contributed by atoms with Crippen LogP contribution in [0.25, 0.3) is 0 Å². The zero-order valence-corrected chi connectivity index (χ0v) is 12.3. The number of carbonyl (C=O) groups excluding carboxylic acids is 1. The van der Waals surface area contributed by atoms with Gasteiger partial charge in [-0.25, -0.2) is 0 Å². The van der Waals surface area contributed by atoms with Crippen molar-refractivity contribution >= 4 is 17.6 Å². The van der Waals surface area contributed by atoms with Crippen molar-refractivity contribution in [2.75, 3.05) is 0 Å². The van der Waals surface area contributed by atoms with Crippen molar-refractivity contribution < 1.29 is 9.53 Å². The molecule has 0 amide bonds. The number of unbranched alkanes of at least 4 members (excludes halogenated alkanes) is 6. The van der Waals surface area contributed by atoms with Gasteiger partial charge in [-0.3, -0.25) is 4.79 Å². The Hall–Kier alpha value is -1.02. The van der Waals surface area contributed by atoms with E-state index in [2.05, 4.69) is 13.0 Å². The summed E-state index contributed by atoms with van der Waals surface area (Å²) in [6.07, 6.45) is 8.81. The summed E-state index contributed by atoms with van der Waals surface area (Å²) in [5.41, 5.74) is 0. The zero-order chi connectivity index (χ0) is 13.9. The van der Waals surface area contributed by atoms with Crippen molar-refractivity contribution in [1.82, 2.24) is 0 Å². The summed E-state index contributed by atoms with van der Waals surface area (Å²) in [7, 11) is 0. The highest BCUT2D eigenvalue weighted by molar-refractivity contribution is 6.30. The minimum atomic E-state index is -0.202. The van der Waals surface area contributed by atoms with Crippen LogP contribution in [-0.4, -0.2) is 5.97 Å². The standard InChI is InChI=1S/C16H22ClO2/c1-2-3-4-5-6-7-8-12-16(18)19-15-11-9-10-14(17)13-15/h9-10,13H,2-8,12H2,1H3. The first-order valence-electron chi connectivity index (χ1n) is 7.10. The summed E-state index contributed by atoms with van der Waals surface area (Å²) < 4.78 is 5.16. The lowest BCUT2D eigenvalue weighted by atomic mass is 10.1. The van der Waals surface area contributed by atoms with Gasteiger partial charge in [0.2, 0.25) is 0 Å². The summed E-state index contributed by atoms with van der Waals surface area (Å²) in [5.74, 6) is 0.201. The second kappa shape index (κ2) is 9.85. The fourth-order valence-corrected chi connectivity index (χ4v) is 2.04. The molecule has 0 aliphatic rings. The molecule has 0 saturated heterocycles. The number of benzene rings is 1. The third-order valence-corrected chi connectivity index (χ3v) is 3.18. The van der Waals surface area contributed by atoms with Gasteiger partial charge in [-0.1, -0.05) is 57.0 Å². The predicted octanol–water partition coefficient (Wildman–Crippen LogP) is 5.19. The summed E-state index contributed by atoms with van der Waals surface area (Å²) in [6, 6.07) is 7.79. The normalized spacial score (nSPS) is 10.4.